The van der Waals surface area contributed by atoms with E-state index in [9.17, 15) is 4.79 Å². The van der Waals surface area contributed by atoms with Crippen molar-refractivity contribution in [2.75, 3.05) is 6.54 Å². The first kappa shape index (κ1) is 17.4. The number of alkyl carbamates (subject to hydrolysis) is 1. The zero-order valence-electron chi connectivity index (χ0n) is 15.0. The number of amides is 1. The molecule has 0 aromatic carbocycles. The molecule has 2 aromatic heterocycles. The summed E-state index contributed by atoms with van der Waals surface area (Å²) in [5.74, 6) is 1.85. The van der Waals surface area contributed by atoms with Crippen molar-refractivity contribution in [2.45, 2.75) is 64.4 Å². The Morgan fingerprint density at radius 2 is 2.16 bits per heavy atom. The second kappa shape index (κ2) is 6.85. The quantitative estimate of drug-likeness (QED) is 0.880. The van der Waals surface area contributed by atoms with Gasteiger partial charge in [0.25, 0.3) is 5.89 Å². The smallest absolute Gasteiger partial charge is 0.407 e. The largest absolute Gasteiger partial charge is 0.448 e. The van der Waals surface area contributed by atoms with Crippen LogP contribution in [0.25, 0.3) is 11.6 Å². The molecular formula is C17H24N4O4. The number of hydrogen-bond acceptors (Lipinski definition) is 7. The molecule has 8 heteroatoms. The Hall–Kier alpha value is -2.38. The van der Waals surface area contributed by atoms with Crippen LogP contribution >= 0.6 is 0 Å². The molecule has 1 fully saturated rings. The van der Waals surface area contributed by atoms with Gasteiger partial charge in [-0.1, -0.05) is 18.5 Å². The van der Waals surface area contributed by atoms with Crippen LogP contribution in [0, 0.1) is 0 Å². The lowest BCUT2D eigenvalue weighted by molar-refractivity contribution is 0.0524. The molecule has 0 saturated heterocycles. The van der Waals surface area contributed by atoms with E-state index in [4.69, 9.17) is 13.7 Å². The van der Waals surface area contributed by atoms with Gasteiger partial charge in [0.1, 0.15) is 11.9 Å². The number of oxazole rings is 1. The summed E-state index contributed by atoms with van der Waals surface area (Å²) in [6, 6.07) is 0. The molecule has 1 amide bonds. The number of nitrogens with one attached hydrogen (secondary N) is 1. The monoisotopic (exact) mass is 348 g/mol. The molecule has 8 nitrogen and oxygen atoms in total. The van der Waals surface area contributed by atoms with Crippen LogP contribution in [0.5, 0.6) is 0 Å². The fraction of sp³-hybridized carbons (Fsp3) is 0.647. The van der Waals surface area contributed by atoms with Crippen LogP contribution in [-0.2, 0) is 4.74 Å². The van der Waals surface area contributed by atoms with Gasteiger partial charge in [0.2, 0.25) is 0 Å². The minimum Gasteiger partial charge on any atom is -0.448 e. The average Bonchev–Trinajstić information content (AvgIpc) is 3.09. The molecule has 0 aliphatic heterocycles. The fourth-order valence-corrected chi connectivity index (χ4v) is 2.41. The normalized spacial score (nSPS) is 16.3. The van der Waals surface area contributed by atoms with Crippen LogP contribution in [0.2, 0.25) is 0 Å². The molecule has 136 valence electrons. The van der Waals surface area contributed by atoms with Crippen molar-refractivity contribution in [3.8, 4) is 11.6 Å². The summed E-state index contributed by atoms with van der Waals surface area (Å²) in [6.07, 6.45) is 4.53. The van der Waals surface area contributed by atoms with Crippen LogP contribution in [0.1, 0.15) is 70.5 Å². The highest BCUT2D eigenvalue weighted by Gasteiger charge is 2.26. The lowest BCUT2D eigenvalue weighted by atomic mass is 9.85. The Morgan fingerprint density at radius 3 is 2.80 bits per heavy atom. The molecule has 1 saturated carbocycles. The minimum absolute atomic E-state index is 0.122. The van der Waals surface area contributed by atoms with Gasteiger partial charge in [-0.3, -0.25) is 0 Å². The summed E-state index contributed by atoms with van der Waals surface area (Å²) in [5.41, 5.74) is 0.0190. The summed E-state index contributed by atoms with van der Waals surface area (Å²) in [7, 11) is 0. The molecule has 1 unspecified atom stereocenters. The fourth-order valence-electron chi connectivity index (χ4n) is 2.41. The van der Waals surface area contributed by atoms with E-state index < -0.39 is 11.7 Å². The minimum atomic E-state index is -0.530. The van der Waals surface area contributed by atoms with Gasteiger partial charge in [-0.05, 0) is 33.6 Å². The van der Waals surface area contributed by atoms with Crippen LogP contribution in [0.15, 0.2) is 15.2 Å². The Morgan fingerprint density at radius 1 is 1.40 bits per heavy atom. The van der Waals surface area contributed by atoms with Crippen molar-refractivity contribution in [3.05, 3.63) is 18.0 Å². The van der Waals surface area contributed by atoms with E-state index in [1.165, 1.54) is 6.42 Å². The lowest BCUT2D eigenvalue weighted by Crippen LogP contribution is -2.34. The van der Waals surface area contributed by atoms with Gasteiger partial charge in [0.15, 0.2) is 17.4 Å². The zero-order chi connectivity index (χ0) is 18.0. The van der Waals surface area contributed by atoms with Gasteiger partial charge >= 0.3 is 6.09 Å². The van der Waals surface area contributed by atoms with Crippen molar-refractivity contribution in [1.82, 2.24) is 20.4 Å². The predicted octanol–water partition coefficient (Wildman–Crippen LogP) is 3.62. The van der Waals surface area contributed by atoms with Gasteiger partial charge in [0, 0.05) is 18.4 Å². The second-order valence-corrected chi connectivity index (χ2v) is 7.44. The molecule has 0 bridgehead atoms. The van der Waals surface area contributed by atoms with E-state index in [1.807, 2.05) is 27.7 Å². The summed E-state index contributed by atoms with van der Waals surface area (Å²) in [4.78, 5) is 20.5. The standard InChI is InChI=1S/C17H24N4O4/c1-10(8-18-16(22)24-17(2,3)4)13-20-15(25-21-13)12-9-23-14(19-12)11-6-5-7-11/h9-11H,5-8H2,1-4H3,(H,18,22). The van der Waals surface area contributed by atoms with Gasteiger partial charge in [-0.25, -0.2) is 9.78 Å². The van der Waals surface area contributed by atoms with Crippen molar-refractivity contribution in [2.24, 2.45) is 0 Å². The van der Waals surface area contributed by atoms with Gasteiger partial charge in [0.05, 0.1) is 0 Å². The number of ether oxygens (including phenoxy) is 1. The summed E-state index contributed by atoms with van der Waals surface area (Å²) >= 11 is 0. The third-order valence-electron chi connectivity index (χ3n) is 4.03. The van der Waals surface area contributed by atoms with Gasteiger partial charge < -0.3 is 19.0 Å². The van der Waals surface area contributed by atoms with Crippen molar-refractivity contribution in [3.63, 3.8) is 0 Å². The van der Waals surface area contributed by atoms with Crippen molar-refractivity contribution < 1.29 is 18.5 Å². The van der Waals surface area contributed by atoms with E-state index >= 15 is 0 Å². The lowest BCUT2D eigenvalue weighted by Gasteiger charge is -2.21. The number of rotatable bonds is 5. The second-order valence-electron chi connectivity index (χ2n) is 7.44. The number of hydrogen-bond donors (Lipinski definition) is 1. The Bertz CT molecular complexity index is 727. The van der Waals surface area contributed by atoms with Crippen LogP contribution < -0.4 is 5.32 Å². The first-order chi connectivity index (χ1) is 11.8. The molecule has 1 atom stereocenters. The molecule has 0 radical (unpaired) electrons. The van der Waals surface area contributed by atoms with E-state index in [0.717, 1.165) is 18.7 Å². The number of aromatic nitrogens is 3. The number of nitrogens with zero attached hydrogens (tertiary/aromatic N) is 3. The maximum absolute atomic E-state index is 11.7. The molecule has 2 aromatic rings. The average molecular weight is 348 g/mol. The summed E-state index contributed by atoms with van der Waals surface area (Å²) < 4.78 is 16.0. The van der Waals surface area contributed by atoms with Gasteiger partial charge in [-0.2, -0.15) is 4.98 Å². The third-order valence-corrected chi connectivity index (χ3v) is 4.03. The van der Waals surface area contributed by atoms with E-state index in [-0.39, 0.29) is 5.92 Å². The van der Waals surface area contributed by atoms with E-state index in [2.05, 4.69) is 20.4 Å². The van der Waals surface area contributed by atoms with Crippen LogP contribution in [0.3, 0.4) is 0 Å². The molecule has 1 aliphatic rings. The van der Waals surface area contributed by atoms with E-state index in [1.54, 1.807) is 6.26 Å². The Balaban J connectivity index is 1.57. The Kier molecular flexibility index (Phi) is 4.78. The molecule has 25 heavy (non-hydrogen) atoms. The van der Waals surface area contributed by atoms with Crippen LogP contribution in [-0.4, -0.2) is 33.4 Å². The predicted molar refractivity (Wildman–Crippen MR) is 89.0 cm³/mol. The molecule has 3 rings (SSSR count). The molecule has 1 N–H and O–H groups in total. The molecule has 1 aliphatic carbocycles. The van der Waals surface area contributed by atoms with E-state index in [0.29, 0.717) is 29.9 Å². The molecular weight excluding hydrogens is 324 g/mol. The SMILES string of the molecule is CC(CNC(=O)OC(C)(C)C)c1noc(-c2coc(C3CCC3)n2)n1. The molecule has 0 spiro atoms. The highest BCUT2D eigenvalue weighted by molar-refractivity contribution is 5.67. The first-order valence-electron chi connectivity index (χ1n) is 8.58. The highest BCUT2D eigenvalue weighted by atomic mass is 16.6. The first-order valence-corrected chi connectivity index (χ1v) is 8.58. The Labute approximate surface area is 146 Å². The topological polar surface area (TPSA) is 103 Å². The van der Waals surface area contributed by atoms with Crippen LogP contribution in [0.4, 0.5) is 4.79 Å². The third kappa shape index (κ3) is 4.37. The highest BCUT2D eigenvalue weighted by Crippen LogP contribution is 2.36. The van der Waals surface area contributed by atoms with Crippen molar-refractivity contribution in [1.29, 1.82) is 0 Å². The maximum Gasteiger partial charge on any atom is 0.407 e. The maximum atomic E-state index is 11.7. The summed E-state index contributed by atoms with van der Waals surface area (Å²) in [5, 5.41) is 6.68. The van der Waals surface area contributed by atoms with Gasteiger partial charge in [-0.15, -0.1) is 0 Å². The summed E-state index contributed by atoms with van der Waals surface area (Å²) in [6.45, 7) is 7.69. The number of carbonyl (C=O) groups excluding carboxylic acids is 1. The number of carbonyl (C=O) groups is 1. The zero-order valence-corrected chi connectivity index (χ0v) is 15.0. The molecule has 2 heterocycles. The van der Waals surface area contributed by atoms with Crippen molar-refractivity contribution >= 4 is 6.09 Å².